The summed E-state index contributed by atoms with van der Waals surface area (Å²) in [4.78, 5) is 42.3. The minimum Gasteiger partial charge on any atom is -0.457 e. The number of amides is 2. The van der Waals surface area contributed by atoms with Crippen molar-refractivity contribution >= 4 is 23.8 Å². The van der Waals surface area contributed by atoms with E-state index in [0.717, 1.165) is 25.1 Å². The monoisotopic (exact) mass is 739 g/mol. The molecule has 4 rings (SSSR count). The predicted molar refractivity (Wildman–Crippen MR) is 203 cm³/mol. The molecule has 294 valence electrons. The van der Waals surface area contributed by atoms with Crippen LogP contribution in [-0.2, 0) is 23.7 Å². The highest BCUT2D eigenvalue weighted by atomic mass is 16.6. The molecule has 12 heteroatoms. The van der Waals surface area contributed by atoms with Crippen LogP contribution in [0.3, 0.4) is 0 Å². The molecule has 0 spiro atoms. The molecule has 3 aliphatic heterocycles. The van der Waals surface area contributed by atoms with Crippen molar-refractivity contribution in [3.8, 4) is 0 Å². The zero-order valence-electron chi connectivity index (χ0n) is 32.5. The highest BCUT2D eigenvalue weighted by Gasteiger charge is 2.46. The number of rotatable bonds is 11. The Morgan fingerprint density at radius 3 is 2.51 bits per heavy atom. The second-order valence-electron chi connectivity index (χ2n) is 15.4. The van der Waals surface area contributed by atoms with E-state index in [-0.39, 0.29) is 55.3 Å². The molecule has 2 fully saturated rings. The first-order chi connectivity index (χ1) is 25.2. The first-order valence-electron chi connectivity index (χ1n) is 19.1. The number of ether oxygens (including phenoxy) is 4. The first kappa shape index (κ1) is 42.0. The van der Waals surface area contributed by atoms with Gasteiger partial charge in [-0.05, 0) is 76.3 Å². The number of epoxide rings is 1. The molecule has 1 aromatic rings. The summed E-state index contributed by atoms with van der Waals surface area (Å²) in [5.41, 5.74) is 0.0156. The molecule has 10 atom stereocenters. The summed E-state index contributed by atoms with van der Waals surface area (Å²) in [5.74, 6) is -0.631. The van der Waals surface area contributed by atoms with Crippen molar-refractivity contribution in [1.82, 2.24) is 9.80 Å². The number of aliphatic hydroxyl groups excluding tert-OH is 1. The van der Waals surface area contributed by atoms with E-state index in [4.69, 9.17) is 18.9 Å². The van der Waals surface area contributed by atoms with Gasteiger partial charge < -0.3 is 39.0 Å². The van der Waals surface area contributed by atoms with Crippen molar-refractivity contribution in [3.63, 3.8) is 0 Å². The van der Waals surface area contributed by atoms with Crippen LogP contribution in [0, 0.1) is 17.8 Å². The molecule has 3 aliphatic rings. The van der Waals surface area contributed by atoms with Gasteiger partial charge in [-0.25, -0.2) is 9.59 Å². The second-order valence-corrected chi connectivity index (χ2v) is 15.4. The molecule has 2 amide bonds. The molecular formula is C41H61N3O9. The third-order valence-electron chi connectivity index (χ3n) is 10.6. The van der Waals surface area contributed by atoms with Gasteiger partial charge in [0.05, 0.1) is 24.7 Å². The van der Waals surface area contributed by atoms with E-state index >= 15 is 0 Å². The third kappa shape index (κ3) is 13.0. The normalized spacial score (nSPS) is 31.3. The third-order valence-corrected chi connectivity index (χ3v) is 10.6. The van der Waals surface area contributed by atoms with Crippen molar-refractivity contribution in [2.45, 2.75) is 116 Å². The fourth-order valence-electron chi connectivity index (χ4n) is 6.95. The zero-order chi connectivity index (χ0) is 38.7. The van der Waals surface area contributed by atoms with Crippen LogP contribution in [0.4, 0.5) is 15.3 Å². The number of hydrogen-bond acceptors (Lipinski definition) is 10. The van der Waals surface area contributed by atoms with Crippen LogP contribution in [0.1, 0.15) is 73.6 Å². The number of likely N-dealkylation sites (N-methyl/N-ethyl adjacent to an activating group) is 1. The molecule has 0 bridgehead atoms. The maximum Gasteiger partial charge on any atom is 0.411 e. The SMILES string of the molecule is CCC(OC(=O)Nc1ccccc1)C(C)C1OC1CC(C)/C=C/C=C(\C)C1OC(=O)CC(O)CCC(C)(O)C(OC(=O)N2CCN(C)CC2)/C=C\C1C. The zero-order valence-corrected chi connectivity index (χ0v) is 32.5. The van der Waals surface area contributed by atoms with Crippen LogP contribution < -0.4 is 5.32 Å². The number of cyclic esters (lactones) is 1. The van der Waals surface area contributed by atoms with Gasteiger partial charge in [-0.15, -0.1) is 0 Å². The summed E-state index contributed by atoms with van der Waals surface area (Å²) in [6.07, 6.45) is 7.15. The Labute approximate surface area is 315 Å². The van der Waals surface area contributed by atoms with Gasteiger partial charge in [0.2, 0.25) is 0 Å². The van der Waals surface area contributed by atoms with Crippen molar-refractivity contribution in [2.24, 2.45) is 17.8 Å². The quantitative estimate of drug-likeness (QED) is 0.0799. The lowest BCUT2D eigenvalue weighted by Crippen LogP contribution is -2.50. The van der Waals surface area contributed by atoms with Gasteiger partial charge in [0.1, 0.15) is 17.8 Å². The van der Waals surface area contributed by atoms with E-state index in [1.165, 1.54) is 0 Å². The standard InChI is InChI=1S/C41H61N3O9/c1-8-33(51-39(47)42-31-15-10-9-11-16-31)30(5)38-34(50-38)25-27(2)13-12-14-28(3)37-29(4)17-18-35(52-40(48)44-23-21-43(7)22-24-44)41(6,49)20-19-32(45)26-36(46)53-37/h9-18,27,29-30,32-35,37-38,45,49H,8,19-26H2,1-7H3,(H,42,47)/b13-12+,18-17-,28-14+. The predicted octanol–water partition coefficient (Wildman–Crippen LogP) is 6.10. The van der Waals surface area contributed by atoms with Crippen molar-refractivity contribution in [2.75, 3.05) is 38.5 Å². The Morgan fingerprint density at radius 1 is 1.13 bits per heavy atom. The number of allylic oxidation sites excluding steroid dienone is 3. The highest BCUT2D eigenvalue weighted by molar-refractivity contribution is 5.84. The lowest BCUT2D eigenvalue weighted by molar-refractivity contribution is -0.151. The van der Waals surface area contributed by atoms with Gasteiger partial charge in [0.25, 0.3) is 0 Å². The molecular weight excluding hydrogens is 678 g/mol. The van der Waals surface area contributed by atoms with Gasteiger partial charge in [-0.1, -0.05) is 70.2 Å². The number of esters is 1. The van der Waals surface area contributed by atoms with E-state index in [2.05, 4.69) is 30.1 Å². The number of nitrogens with one attached hydrogen (secondary N) is 1. The summed E-state index contributed by atoms with van der Waals surface area (Å²) in [7, 11) is 2.00. The van der Waals surface area contributed by atoms with Gasteiger partial charge in [0, 0.05) is 43.7 Å². The van der Waals surface area contributed by atoms with Crippen LogP contribution in [0.2, 0.25) is 0 Å². The van der Waals surface area contributed by atoms with Gasteiger partial charge in [0.15, 0.2) is 6.10 Å². The van der Waals surface area contributed by atoms with Crippen molar-refractivity contribution in [1.29, 1.82) is 0 Å². The van der Waals surface area contributed by atoms with E-state index in [1.54, 1.807) is 17.9 Å². The number of aliphatic hydroxyl groups is 2. The average Bonchev–Trinajstić information content (AvgIpc) is 3.88. The lowest BCUT2D eigenvalue weighted by atomic mass is 9.88. The van der Waals surface area contributed by atoms with Gasteiger partial charge in [-0.2, -0.15) is 0 Å². The minimum atomic E-state index is -1.47. The van der Waals surface area contributed by atoms with Crippen LogP contribution in [0.5, 0.6) is 0 Å². The molecule has 3 heterocycles. The number of carbonyl (C=O) groups excluding carboxylic acids is 3. The molecule has 0 aromatic heterocycles. The summed E-state index contributed by atoms with van der Waals surface area (Å²) in [6.45, 7) is 14.1. The molecule has 12 nitrogen and oxygen atoms in total. The smallest absolute Gasteiger partial charge is 0.411 e. The van der Waals surface area contributed by atoms with Gasteiger partial charge in [-0.3, -0.25) is 10.1 Å². The Bertz CT molecular complexity index is 1440. The Balaban J connectivity index is 1.36. The van der Waals surface area contributed by atoms with Crippen molar-refractivity contribution < 1.29 is 43.5 Å². The number of carbonyl (C=O) groups is 3. The minimum absolute atomic E-state index is 0.00154. The molecule has 0 radical (unpaired) electrons. The van der Waals surface area contributed by atoms with Crippen molar-refractivity contribution in [3.05, 3.63) is 66.3 Å². The number of nitrogens with zero attached hydrogens (tertiary/aromatic N) is 2. The Morgan fingerprint density at radius 2 is 1.83 bits per heavy atom. The fourth-order valence-corrected chi connectivity index (χ4v) is 6.95. The molecule has 3 N–H and O–H groups in total. The highest BCUT2D eigenvalue weighted by Crippen LogP contribution is 2.37. The molecule has 10 unspecified atom stereocenters. The van der Waals surface area contributed by atoms with E-state index < -0.39 is 42.1 Å². The Hall–Kier alpha value is -3.71. The maximum atomic E-state index is 13.1. The molecule has 2 saturated heterocycles. The number of piperazine rings is 1. The van der Waals surface area contributed by atoms with E-state index in [9.17, 15) is 24.6 Å². The molecule has 0 saturated carbocycles. The summed E-state index contributed by atoms with van der Waals surface area (Å²) in [6, 6.07) is 9.21. The fraction of sp³-hybridized carbons (Fsp3) is 0.634. The van der Waals surface area contributed by atoms with Crippen LogP contribution >= 0.6 is 0 Å². The number of anilines is 1. The second kappa shape index (κ2) is 19.6. The largest absolute Gasteiger partial charge is 0.457 e. The van der Waals surface area contributed by atoms with Crippen LogP contribution in [0.25, 0.3) is 0 Å². The van der Waals surface area contributed by atoms with E-state index in [0.29, 0.717) is 25.2 Å². The lowest BCUT2D eigenvalue weighted by Gasteiger charge is -2.36. The number of benzene rings is 1. The molecule has 53 heavy (non-hydrogen) atoms. The average molecular weight is 740 g/mol. The number of para-hydroxylation sites is 1. The number of hydrogen-bond donors (Lipinski definition) is 3. The van der Waals surface area contributed by atoms with E-state index in [1.807, 2.05) is 76.4 Å². The first-order valence-corrected chi connectivity index (χ1v) is 19.1. The topological polar surface area (TPSA) is 150 Å². The summed E-state index contributed by atoms with van der Waals surface area (Å²) >= 11 is 0. The Kier molecular flexibility index (Phi) is 15.5. The maximum absolute atomic E-state index is 13.1. The summed E-state index contributed by atoms with van der Waals surface area (Å²) in [5, 5.41) is 24.8. The van der Waals surface area contributed by atoms with Crippen LogP contribution in [0.15, 0.2) is 66.3 Å². The summed E-state index contributed by atoms with van der Waals surface area (Å²) < 4.78 is 23.6. The molecule has 1 aromatic carbocycles. The van der Waals surface area contributed by atoms with Gasteiger partial charge >= 0.3 is 18.2 Å². The van der Waals surface area contributed by atoms with Crippen LogP contribution in [-0.4, -0.2) is 114 Å². The molecule has 0 aliphatic carbocycles.